The first kappa shape index (κ1) is 11.4. The van der Waals surface area contributed by atoms with E-state index in [0.29, 0.717) is 12.3 Å². The van der Waals surface area contributed by atoms with Crippen molar-refractivity contribution in [3.63, 3.8) is 0 Å². The second-order valence-electron chi connectivity index (χ2n) is 3.48. The Kier molecular flexibility index (Phi) is 5.69. The van der Waals surface area contributed by atoms with Crippen LogP contribution in [-0.2, 0) is 4.79 Å². The van der Waals surface area contributed by atoms with E-state index in [-0.39, 0.29) is 5.78 Å². The van der Waals surface area contributed by atoms with Crippen LogP contribution in [0, 0.1) is 5.92 Å². The van der Waals surface area contributed by atoms with E-state index < -0.39 is 0 Å². The molecule has 0 saturated carbocycles. The van der Waals surface area contributed by atoms with Gasteiger partial charge in [0.1, 0.15) is 0 Å². The minimum Gasteiger partial charge on any atom is -0.295 e. The van der Waals surface area contributed by atoms with Crippen molar-refractivity contribution < 1.29 is 4.79 Å². The van der Waals surface area contributed by atoms with Crippen LogP contribution < -0.4 is 0 Å². The largest absolute Gasteiger partial charge is 0.295 e. The van der Waals surface area contributed by atoms with Crippen LogP contribution >= 0.6 is 0 Å². The van der Waals surface area contributed by atoms with Gasteiger partial charge in [0.05, 0.1) is 0 Å². The number of rotatable bonds is 6. The summed E-state index contributed by atoms with van der Waals surface area (Å²) < 4.78 is 0. The van der Waals surface area contributed by atoms with Crippen molar-refractivity contribution in [1.82, 2.24) is 0 Å². The van der Waals surface area contributed by atoms with Crippen molar-refractivity contribution in [2.24, 2.45) is 5.92 Å². The predicted molar refractivity (Wildman–Crippen MR) is 53.1 cm³/mol. The topological polar surface area (TPSA) is 17.1 Å². The van der Waals surface area contributed by atoms with Gasteiger partial charge in [-0.2, -0.15) is 0 Å². The highest BCUT2D eigenvalue weighted by atomic mass is 16.1. The second kappa shape index (κ2) is 5.99. The van der Waals surface area contributed by atoms with E-state index in [9.17, 15) is 4.79 Å². The summed E-state index contributed by atoms with van der Waals surface area (Å²) in [6.07, 6.45) is 3.85. The molecule has 0 aromatic rings. The fraction of sp³-hybridized carbons (Fsp3) is 0.727. The molecule has 0 aliphatic rings. The van der Waals surface area contributed by atoms with E-state index in [1.807, 2.05) is 6.92 Å². The van der Waals surface area contributed by atoms with Crippen LogP contribution in [0.3, 0.4) is 0 Å². The molecule has 1 atom stereocenters. The van der Waals surface area contributed by atoms with E-state index in [0.717, 1.165) is 12.0 Å². The monoisotopic (exact) mass is 168 g/mol. The van der Waals surface area contributed by atoms with Gasteiger partial charge < -0.3 is 0 Å². The molecule has 0 saturated heterocycles. The van der Waals surface area contributed by atoms with Crippen LogP contribution in [-0.4, -0.2) is 5.78 Å². The Morgan fingerprint density at radius 1 is 1.42 bits per heavy atom. The van der Waals surface area contributed by atoms with Gasteiger partial charge in [0.2, 0.25) is 0 Å². The Morgan fingerprint density at radius 3 is 2.42 bits per heavy atom. The van der Waals surface area contributed by atoms with E-state index in [4.69, 9.17) is 0 Å². The number of Topliss-reactive ketones (excluding diaryl/α,β-unsaturated/α-hetero) is 1. The lowest BCUT2D eigenvalue weighted by atomic mass is 9.95. The Hall–Kier alpha value is -0.590. The summed E-state index contributed by atoms with van der Waals surface area (Å²) in [4.78, 5) is 11.2. The number of carbonyl (C=O) groups is 1. The molecule has 0 heterocycles. The van der Waals surface area contributed by atoms with Crippen molar-refractivity contribution in [3.8, 4) is 0 Å². The van der Waals surface area contributed by atoms with Crippen LogP contribution in [0.1, 0.15) is 46.5 Å². The summed E-state index contributed by atoms with van der Waals surface area (Å²) >= 11 is 0. The molecule has 0 radical (unpaired) electrons. The summed E-state index contributed by atoms with van der Waals surface area (Å²) in [5, 5.41) is 0. The van der Waals surface area contributed by atoms with E-state index in [1.165, 1.54) is 12.8 Å². The predicted octanol–water partition coefficient (Wildman–Crippen LogP) is 3.35. The summed E-state index contributed by atoms with van der Waals surface area (Å²) in [5.41, 5.74) is 0.804. The van der Waals surface area contributed by atoms with E-state index in [2.05, 4.69) is 20.4 Å². The molecule has 0 aromatic carbocycles. The summed E-state index contributed by atoms with van der Waals surface area (Å²) in [7, 11) is 0. The molecule has 1 heteroatoms. The van der Waals surface area contributed by atoms with Crippen molar-refractivity contribution in [3.05, 3.63) is 12.2 Å². The molecule has 0 fully saturated rings. The third-order valence-corrected chi connectivity index (χ3v) is 2.09. The highest BCUT2D eigenvalue weighted by Crippen LogP contribution is 2.16. The lowest BCUT2D eigenvalue weighted by molar-refractivity contribution is -0.115. The zero-order valence-corrected chi connectivity index (χ0v) is 8.52. The van der Waals surface area contributed by atoms with Gasteiger partial charge in [-0.1, -0.05) is 40.2 Å². The lowest BCUT2D eigenvalue weighted by Gasteiger charge is -2.10. The zero-order valence-electron chi connectivity index (χ0n) is 8.52. The summed E-state index contributed by atoms with van der Waals surface area (Å²) in [5.74, 6) is 0.830. The first-order chi connectivity index (χ1) is 5.61. The molecule has 0 aromatic heterocycles. The highest BCUT2D eigenvalue weighted by Gasteiger charge is 2.08. The smallest absolute Gasteiger partial charge is 0.158 e. The maximum absolute atomic E-state index is 11.2. The van der Waals surface area contributed by atoms with Gasteiger partial charge >= 0.3 is 0 Å². The average molecular weight is 168 g/mol. The van der Waals surface area contributed by atoms with Gasteiger partial charge in [-0.05, 0) is 17.9 Å². The Morgan fingerprint density at radius 2 is 2.00 bits per heavy atom. The molecule has 1 unspecified atom stereocenters. The summed E-state index contributed by atoms with van der Waals surface area (Å²) in [6, 6.07) is 0. The fourth-order valence-electron chi connectivity index (χ4n) is 1.38. The molecule has 0 aliphatic carbocycles. The molecular formula is C11H20O. The van der Waals surface area contributed by atoms with E-state index >= 15 is 0 Å². The number of ketones is 1. The SMILES string of the molecule is C=C(CC(C)CCC)C(=O)CC. The van der Waals surface area contributed by atoms with Gasteiger partial charge in [-0.15, -0.1) is 0 Å². The molecular weight excluding hydrogens is 148 g/mol. The Balaban J connectivity index is 3.76. The molecule has 0 N–H and O–H groups in total. The van der Waals surface area contributed by atoms with Crippen LogP contribution in [0.25, 0.3) is 0 Å². The molecule has 1 nitrogen and oxygen atoms in total. The molecule has 70 valence electrons. The standard InChI is InChI=1S/C11H20O/c1-5-7-9(3)8-10(4)11(12)6-2/h9H,4-8H2,1-3H3. The first-order valence-electron chi connectivity index (χ1n) is 4.82. The Labute approximate surface area is 75.9 Å². The molecule has 12 heavy (non-hydrogen) atoms. The van der Waals surface area contributed by atoms with Crippen LogP contribution in [0.5, 0.6) is 0 Å². The van der Waals surface area contributed by atoms with Gasteiger partial charge in [0.15, 0.2) is 5.78 Å². The normalized spacial score (nSPS) is 12.6. The molecule has 0 spiro atoms. The zero-order chi connectivity index (χ0) is 9.56. The third kappa shape index (κ3) is 4.32. The van der Waals surface area contributed by atoms with Crippen molar-refractivity contribution in [2.75, 3.05) is 0 Å². The lowest BCUT2D eigenvalue weighted by Crippen LogP contribution is -2.04. The van der Waals surface area contributed by atoms with Gasteiger partial charge in [-0.25, -0.2) is 0 Å². The minimum absolute atomic E-state index is 0.220. The van der Waals surface area contributed by atoms with E-state index in [1.54, 1.807) is 0 Å². The van der Waals surface area contributed by atoms with Crippen LogP contribution in [0.2, 0.25) is 0 Å². The van der Waals surface area contributed by atoms with Gasteiger partial charge in [0.25, 0.3) is 0 Å². The molecule has 0 amide bonds. The van der Waals surface area contributed by atoms with Crippen molar-refractivity contribution in [2.45, 2.75) is 46.5 Å². The van der Waals surface area contributed by atoms with Gasteiger partial charge in [-0.3, -0.25) is 4.79 Å². The molecule has 0 bridgehead atoms. The number of hydrogen-bond acceptors (Lipinski definition) is 1. The highest BCUT2D eigenvalue weighted by molar-refractivity contribution is 5.94. The third-order valence-electron chi connectivity index (χ3n) is 2.09. The number of hydrogen-bond donors (Lipinski definition) is 0. The maximum Gasteiger partial charge on any atom is 0.158 e. The molecule has 0 aliphatic heterocycles. The van der Waals surface area contributed by atoms with Crippen LogP contribution in [0.15, 0.2) is 12.2 Å². The first-order valence-corrected chi connectivity index (χ1v) is 4.82. The Bertz CT molecular complexity index is 158. The van der Waals surface area contributed by atoms with Crippen molar-refractivity contribution in [1.29, 1.82) is 0 Å². The van der Waals surface area contributed by atoms with Crippen LogP contribution in [0.4, 0.5) is 0 Å². The molecule has 0 rings (SSSR count). The van der Waals surface area contributed by atoms with Gasteiger partial charge in [0, 0.05) is 6.42 Å². The fourth-order valence-corrected chi connectivity index (χ4v) is 1.38. The minimum atomic E-state index is 0.220. The second-order valence-corrected chi connectivity index (χ2v) is 3.48. The number of allylic oxidation sites excluding steroid dienone is 1. The quantitative estimate of drug-likeness (QED) is 0.556. The number of carbonyl (C=O) groups excluding carboxylic acids is 1. The maximum atomic E-state index is 11.2. The van der Waals surface area contributed by atoms with Crippen molar-refractivity contribution >= 4 is 5.78 Å². The average Bonchev–Trinajstić information content (AvgIpc) is 2.03. The summed E-state index contributed by atoms with van der Waals surface area (Å²) in [6.45, 7) is 10.0.